The molecule has 1 aliphatic heterocycles. The molecule has 2 nitrogen and oxygen atoms in total. The van der Waals surface area contributed by atoms with Gasteiger partial charge in [-0.25, -0.2) is 0 Å². The van der Waals surface area contributed by atoms with Crippen LogP contribution in [0.2, 0.25) is 0 Å². The van der Waals surface area contributed by atoms with Crippen LogP contribution in [0.25, 0.3) is 0 Å². The van der Waals surface area contributed by atoms with Crippen molar-refractivity contribution in [1.82, 2.24) is 0 Å². The van der Waals surface area contributed by atoms with Crippen molar-refractivity contribution in [2.75, 3.05) is 13.2 Å². The Morgan fingerprint density at radius 1 is 2.00 bits per heavy atom. The van der Waals surface area contributed by atoms with Crippen molar-refractivity contribution in [3.05, 3.63) is 12.3 Å². The Kier molecular flexibility index (Phi) is 1.53. The summed E-state index contributed by atoms with van der Waals surface area (Å²) in [7, 11) is 0. The zero-order valence-electron chi connectivity index (χ0n) is 5.02. The van der Waals surface area contributed by atoms with Gasteiger partial charge in [0.15, 0.2) is 0 Å². The lowest BCUT2D eigenvalue weighted by atomic mass is 10.4. The average molecular weight is 114 g/mol. The Morgan fingerprint density at radius 2 is 2.62 bits per heavy atom. The van der Waals surface area contributed by atoms with Crippen LogP contribution in [0.15, 0.2) is 12.3 Å². The topological polar surface area (TPSA) is 21.8 Å². The molecule has 8 heavy (non-hydrogen) atoms. The first-order valence-corrected chi connectivity index (χ1v) is 2.77. The van der Waals surface area contributed by atoms with Gasteiger partial charge in [-0.15, -0.1) is 0 Å². The molecule has 1 unspecified atom stereocenters. The van der Waals surface area contributed by atoms with Crippen molar-refractivity contribution in [3.63, 3.8) is 0 Å². The number of epoxide rings is 1. The lowest BCUT2D eigenvalue weighted by Crippen LogP contribution is -1.95. The van der Waals surface area contributed by atoms with Crippen molar-refractivity contribution in [2.24, 2.45) is 0 Å². The van der Waals surface area contributed by atoms with Crippen molar-refractivity contribution >= 4 is 0 Å². The fourth-order valence-corrected chi connectivity index (χ4v) is 0.512. The normalized spacial score (nSPS) is 24.9. The van der Waals surface area contributed by atoms with Gasteiger partial charge in [-0.05, 0) is 6.92 Å². The molecular weight excluding hydrogens is 104 g/mol. The second kappa shape index (κ2) is 2.18. The molecule has 0 bridgehead atoms. The molecule has 1 saturated heterocycles. The van der Waals surface area contributed by atoms with Gasteiger partial charge in [-0.2, -0.15) is 0 Å². The van der Waals surface area contributed by atoms with E-state index in [0.29, 0.717) is 6.61 Å². The van der Waals surface area contributed by atoms with Crippen LogP contribution in [-0.4, -0.2) is 19.3 Å². The second-order valence-corrected chi connectivity index (χ2v) is 1.72. The molecule has 2 heteroatoms. The molecule has 0 amide bonds. The highest BCUT2D eigenvalue weighted by Crippen LogP contribution is 2.17. The lowest BCUT2D eigenvalue weighted by molar-refractivity contribution is 0.203. The average Bonchev–Trinajstić information content (AvgIpc) is 2.45. The minimum atomic E-state index is 0.204. The third kappa shape index (κ3) is 1.23. The van der Waals surface area contributed by atoms with Crippen LogP contribution in [0.3, 0.4) is 0 Å². The Labute approximate surface area is 49.1 Å². The van der Waals surface area contributed by atoms with Crippen LogP contribution in [0.1, 0.15) is 6.92 Å². The van der Waals surface area contributed by atoms with Crippen molar-refractivity contribution < 1.29 is 9.47 Å². The van der Waals surface area contributed by atoms with Gasteiger partial charge < -0.3 is 9.47 Å². The summed E-state index contributed by atoms with van der Waals surface area (Å²) >= 11 is 0. The summed E-state index contributed by atoms with van der Waals surface area (Å²) in [5.74, 6) is 0.771. The van der Waals surface area contributed by atoms with Gasteiger partial charge in [0.2, 0.25) is 0 Å². The maximum absolute atomic E-state index is 5.05. The largest absolute Gasteiger partial charge is 0.496 e. The SMILES string of the molecule is C=C(OCC)C1CO1. The summed E-state index contributed by atoms with van der Waals surface area (Å²) in [6, 6.07) is 0. The minimum Gasteiger partial charge on any atom is -0.496 e. The third-order valence-electron chi connectivity index (χ3n) is 1.02. The van der Waals surface area contributed by atoms with E-state index >= 15 is 0 Å². The highest BCUT2D eigenvalue weighted by Gasteiger charge is 2.26. The first-order chi connectivity index (χ1) is 3.84. The molecule has 0 aromatic carbocycles. The molecule has 1 fully saturated rings. The monoisotopic (exact) mass is 114 g/mol. The number of ether oxygens (including phenoxy) is 2. The van der Waals surface area contributed by atoms with Gasteiger partial charge in [0.1, 0.15) is 11.9 Å². The molecule has 1 aliphatic rings. The van der Waals surface area contributed by atoms with E-state index in [0.717, 1.165) is 12.4 Å². The van der Waals surface area contributed by atoms with E-state index in [1.54, 1.807) is 0 Å². The van der Waals surface area contributed by atoms with Crippen molar-refractivity contribution in [3.8, 4) is 0 Å². The van der Waals surface area contributed by atoms with Crippen molar-refractivity contribution in [1.29, 1.82) is 0 Å². The lowest BCUT2D eigenvalue weighted by Gasteiger charge is -2.00. The number of rotatable bonds is 3. The zero-order chi connectivity index (χ0) is 5.98. The van der Waals surface area contributed by atoms with E-state index in [-0.39, 0.29) is 6.10 Å². The van der Waals surface area contributed by atoms with E-state index < -0.39 is 0 Å². The smallest absolute Gasteiger partial charge is 0.137 e. The zero-order valence-corrected chi connectivity index (χ0v) is 5.02. The molecule has 0 saturated carbocycles. The van der Waals surface area contributed by atoms with Gasteiger partial charge >= 0.3 is 0 Å². The van der Waals surface area contributed by atoms with E-state index in [9.17, 15) is 0 Å². The van der Waals surface area contributed by atoms with E-state index in [1.807, 2.05) is 6.92 Å². The van der Waals surface area contributed by atoms with Crippen LogP contribution in [0.5, 0.6) is 0 Å². The quantitative estimate of drug-likeness (QED) is 0.402. The van der Waals surface area contributed by atoms with E-state index in [2.05, 4.69) is 6.58 Å². The van der Waals surface area contributed by atoms with Crippen LogP contribution < -0.4 is 0 Å². The first kappa shape index (κ1) is 5.63. The summed E-state index contributed by atoms with van der Waals surface area (Å²) in [5.41, 5.74) is 0. The molecule has 0 spiro atoms. The summed E-state index contributed by atoms with van der Waals surface area (Å²) in [6.07, 6.45) is 0.204. The van der Waals surface area contributed by atoms with Gasteiger partial charge in [-0.3, -0.25) is 0 Å². The molecule has 1 heterocycles. The van der Waals surface area contributed by atoms with Gasteiger partial charge in [0, 0.05) is 0 Å². The number of hydrogen-bond acceptors (Lipinski definition) is 2. The molecule has 0 radical (unpaired) electrons. The van der Waals surface area contributed by atoms with E-state index in [4.69, 9.17) is 9.47 Å². The maximum Gasteiger partial charge on any atom is 0.137 e. The van der Waals surface area contributed by atoms with Gasteiger partial charge in [0.05, 0.1) is 13.2 Å². The molecule has 0 aromatic rings. The van der Waals surface area contributed by atoms with Gasteiger partial charge in [0.25, 0.3) is 0 Å². The van der Waals surface area contributed by atoms with Crippen LogP contribution in [0.4, 0.5) is 0 Å². The predicted octanol–water partition coefficient (Wildman–Crippen LogP) is 0.935. The summed E-state index contributed by atoms with van der Waals surface area (Å²) in [5, 5.41) is 0. The van der Waals surface area contributed by atoms with Crippen LogP contribution >= 0.6 is 0 Å². The summed E-state index contributed by atoms with van der Waals surface area (Å²) in [4.78, 5) is 0. The number of hydrogen-bond donors (Lipinski definition) is 0. The fourth-order valence-electron chi connectivity index (χ4n) is 0.512. The molecule has 0 aliphatic carbocycles. The summed E-state index contributed by atoms with van der Waals surface area (Å²) < 4.78 is 9.94. The Bertz CT molecular complexity index is 94.7. The molecule has 46 valence electrons. The molecule has 0 aromatic heterocycles. The minimum absolute atomic E-state index is 0.204. The molecule has 1 rings (SSSR count). The third-order valence-corrected chi connectivity index (χ3v) is 1.02. The molecule has 1 atom stereocenters. The van der Waals surface area contributed by atoms with Gasteiger partial charge in [-0.1, -0.05) is 6.58 Å². The Hall–Kier alpha value is -0.500. The highest BCUT2D eigenvalue weighted by atomic mass is 16.6. The first-order valence-electron chi connectivity index (χ1n) is 2.77. The molecule has 0 N–H and O–H groups in total. The van der Waals surface area contributed by atoms with Crippen LogP contribution in [-0.2, 0) is 9.47 Å². The Balaban J connectivity index is 2.13. The molecular formula is C6H10O2. The standard InChI is InChI=1S/C6H10O2/c1-3-7-5(2)6-4-8-6/h6H,2-4H2,1H3. The highest BCUT2D eigenvalue weighted by molar-refractivity contribution is 4.99. The van der Waals surface area contributed by atoms with Crippen LogP contribution in [0, 0.1) is 0 Å². The fraction of sp³-hybridized carbons (Fsp3) is 0.667. The van der Waals surface area contributed by atoms with Crippen molar-refractivity contribution in [2.45, 2.75) is 13.0 Å². The predicted molar refractivity (Wildman–Crippen MR) is 30.5 cm³/mol. The second-order valence-electron chi connectivity index (χ2n) is 1.72. The summed E-state index contributed by atoms with van der Waals surface area (Å²) in [6.45, 7) is 7.08. The van der Waals surface area contributed by atoms with E-state index in [1.165, 1.54) is 0 Å². The maximum atomic E-state index is 5.05. The Morgan fingerprint density at radius 3 is 3.00 bits per heavy atom.